The number of anilines is 1. The van der Waals surface area contributed by atoms with Crippen LogP contribution in [0.15, 0.2) is 24.4 Å². The first kappa shape index (κ1) is 24.6. The third kappa shape index (κ3) is 4.23. The van der Waals surface area contributed by atoms with Gasteiger partial charge in [-0.1, -0.05) is 11.6 Å². The van der Waals surface area contributed by atoms with Crippen LogP contribution < -0.4 is 5.32 Å². The number of carbonyl (C=O) groups is 1. The summed E-state index contributed by atoms with van der Waals surface area (Å²) in [6.07, 6.45) is 6.58. The number of carbonyl (C=O) groups excluding carboxylic acids is 1. The lowest BCUT2D eigenvalue weighted by Gasteiger charge is -2.43. The predicted octanol–water partition coefficient (Wildman–Crippen LogP) is 4.36. The minimum absolute atomic E-state index is 0.0725. The molecule has 194 valence electrons. The summed E-state index contributed by atoms with van der Waals surface area (Å²) in [7, 11) is 0. The number of halogens is 1. The maximum Gasteiger partial charge on any atom is 0.229 e. The van der Waals surface area contributed by atoms with E-state index in [-0.39, 0.29) is 22.8 Å². The molecule has 3 heterocycles. The smallest absolute Gasteiger partial charge is 0.229 e. The number of ether oxygens (including phenoxy) is 2. The average Bonchev–Trinajstić information content (AvgIpc) is 3.50. The Morgan fingerprint density at radius 2 is 2.03 bits per heavy atom. The molecule has 0 radical (unpaired) electrons. The van der Waals surface area contributed by atoms with Crippen molar-refractivity contribution in [2.24, 2.45) is 11.3 Å². The van der Waals surface area contributed by atoms with Gasteiger partial charge in [0.1, 0.15) is 5.82 Å². The second-order valence-corrected chi connectivity index (χ2v) is 11.9. The van der Waals surface area contributed by atoms with E-state index in [1.165, 1.54) is 0 Å². The molecule has 7 nitrogen and oxygen atoms in total. The van der Waals surface area contributed by atoms with Crippen LogP contribution in [0.3, 0.4) is 0 Å². The molecule has 1 aromatic heterocycles. The molecule has 4 fully saturated rings. The Hall–Kier alpha value is -1.77. The van der Waals surface area contributed by atoms with Gasteiger partial charge in [-0.05, 0) is 99.5 Å². The monoisotopic (exact) mass is 513 g/mol. The Kier molecular flexibility index (Phi) is 6.28. The first-order valence-electron chi connectivity index (χ1n) is 13.3. The molecular formula is C28H36ClN3O4. The van der Waals surface area contributed by atoms with Gasteiger partial charge in [0.2, 0.25) is 5.91 Å². The maximum absolute atomic E-state index is 12.9. The summed E-state index contributed by atoms with van der Waals surface area (Å²) in [6, 6.07) is 6.13. The molecule has 2 saturated heterocycles. The standard InChI is InChI=1S/C28H36ClN3O4/c1-3-36-20-11-28(12-20)13-22(28)26(34)31-25-10-18-8-21(23(29)9-19(18)14-30-25)17-4-6-32(7-5-17)27(2)16-35-15-24(27)33/h8-10,14,17,20,22,24,33H,3-7,11-13,15-16H2,1-2H3,(H,30,31,34). The molecule has 2 aromatic rings. The van der Waals surface area contributed by atoms with Gasteiger partial charge in [-0.2, -0.15) is 0 Å². The lowest BCUT2D eigenvalue weighted by atomic mass is 9.77. The number of pyridine rings is 1. The van der Waals surface area contributed by atoms with Crippen molar-refractivity contribution in [2.75, 3.05) is 38.2 Å². The van der Waals surface area contributed by atoms with Gasteiger partial charge in [-0.3, -0.25) is 9.69 Å². The van der Waals surface area contributed by atoms with Gasteiger partial charge in [-0.15, -0.1) is 0 Å². The lowest BCUT2D eigenvalue weighted by molar-refractivity contribution is -0.120. The van der Waals surface area contributed by atoms with E-state index in [9.17, 15) is 9.90 Å². The highest BCUT2D eigenvalue weighted by atomic mass is 35.5. The van der Waals surface area contributed by atoms with Crippen LogP contribution in [0.25, 0.3) is 10.8 Å². The minimum atomic E-state index is -0.444. The maximum atomic E-state index is 12.9. The fraction of sp³-hybridized carbons (Fsp3) is 0.643. The molecule has 4 aliphatic rings. The minimum Gasteiger partial charge on any atom is -0.389 e. The number of nitrogens with one attached hydrogen (secondary N) is 1. The number of hydrogen-bond acceptors (Lipinski definition) is 6. The van der Waals surface area contributed by atoms with Crippen molar-refractivity contribution in [3.8, 4) is 0 Å². The van der Waals surface area contributed by atoms with Crippen molar-refractivity contribution in [3.63, 3.8) is 0 Å². The number of aromatic nitrogens is 1. The Morgan fingerprint density at radius 3 is 2.72 bits per heavy atom. The topological polar surface area (TPSA) is 83.9 Å². The SMILES string of the molecule is CCOC1CC2(C1)CC2C(=O)Nc1cc2cc(C3CCN(C4(C)COCC4O)CC3)c(Cl)cc2cn1. The summed E-state index contributed by atoms with van der Waals surface area (Å²) in [6.45, 7) is 7.65. The predicted molar refractivity (Wildman–Crippen MR) is 139 cm³/mol. The Labute approximate surface area is 217 Å². The zero-order chi connectivity index (χ0) is 25.1. The van der Waals surface area contributed by atoms with Gasteiger partial charge in [0.25, 0.3) is 0 Å². The summed E-state index contributed by atoms with van der Waals surface area (Å²) in [5.41, 5.74) is 1.01. The Morgan fingerprint density at radius 1 is 1.25 bits per heavy atom. The largest absolute Gasteiger partial charge is 0.389 e. The highest BCUT2D eigenvalue weighted by Crippen LogP contribution is 2.66. The second-order valence-electron chi connectivity index (χ2n) is 11.5. The van der Waals surface area contributed by atoms with E-state index in [4.69, 9.17) is 21.1 Å². The first-order chi connectivity index (χ1) is 17.3. The number of aliphatic hydroxyl groups is 1. The van der Waals surface area contributed by atoms with Crippen LogP contribution in [0.4, 0.5) is 5.82 Å². The Bertz CT molecular complexity index is 1160. The van der Waals surface area contributed by atoms with Crippen molar-refractivity contribution < 1.29 is 19.4 Å². The number of likely N-dealkylation sites (tertiary alicyclic amines) is 1. The molecule has 0 bridgehead atoms. The lowest BCUT2D eigenvalue weighted by Crippen LogP contribution is -2.56. The van der Waals surface area contributed by atoms with E-state index in [1.807, 2.05) is 19.1 Å². The molecule has 3 unspecified atom stereocenters. The summed E-state index contributed by atoms with van der Waals surface area (Å²) in [5.74, 6) is 1.10. The highest BCUT2D eigenvalue weighted by molar-refractivity contribution is 6.32. The van der Waals surface area contributed by atoms with Crippen LogP contribution in [0.2, 0.25) is 5.02 Å². The van der Waals surface area contributed by atoms with E-state index in [1.54, 1.807) is 6.20 Å². The molecular weight excluding hydrogens is 478 g/mol. The Balaban J connectivity index is 1.12. The van der Waals surface area contributed by atoms with Gasteiger partial charge in [0, 0.05) is 29.1 Å². The molecule has 2 aliphatic heterocycles. The first-order valence-corrected chi connectivity index (χ1v) is 13.7. The third-order valence-corrected chi connectivity index (χ3v) is 9.64. The van der Waals surface area contributed by atoms with E-state index in [2.05, 4.69) is 28.2 Å². The number of rotatable bonds is 6. The molecule has 36 heavy (non-hydrogen) atoms. The number of benzene rings is 1. The fourth-order valence-electron chi connectivity index (χ4n) is 6.80. The normalized spacial score (nSPS) is 34.7. The van der Waals surface area contributed by atoms with Crippen molar-refractivity contribution in [1.82, 2.24) is 9.88 Å². The second kappa shape index (κ2) is 9.21. The molecule has 6 rings (SSSR count). The van der Waals surface area contributed by atoms with Gasteiger partial charge < -0.3 is 19.9 Å². The number of amides is 1. The molecule has 1 spiro atoms. The average molecular weight is 514 g/mol. The van der Waals surface area contributed by atoms with Gasteiger partial charge in [-0.25, -0.2) is 4.98 Å². The quantitative estimate of drug-likeness (QED) is 0.597. The van der Waals surface area contributed by atoms with Crippen molar-refractivity contribution in [2.45, 2.75) is 69.6 Å². The molecule has 2 aliphatic carbocycles. The number of nitrogens with zero attached hydrogens (tertiary/aromatic N) is 2. The van der Waals surface area contributed by atoms with Crippen molar-refractivity contribution in [1.29, 1.82) is 0 Å². The van der Waals surface area contributed by atoms with Crippen LogP contribution >= 0.6 is 11.6 Å². The van der Waals surface area contributed by atoms with Crippen LogP contribution in [0.5, 0.6) is 0 Å². The fourth-order valence-corrected chi connectivity index (χ4v) is 7.13. The van der Waals surface area contributed by atoms with Gasteiger partial charge >= 0.3 is 0 Å². The summed E-state index contributed by atoms with van der Waals surface area (Å²) >= 11 is 6.73. The van der Waals surface area contributed by atoms with Crippen molar-refractivity contribution in [3.05, 3.63) is 35.0 Å². The van der Waals surface area contributed by atoms with E-state index >= 15 is 0 Å². The number of aliphatic hydroxyl groups excluding tert-OH is 1. The zero-order valence-electron chi connectivity index (χ0n) is 21.1. The van der Waals surface area contributed by atoms with E-state index in [0.717, 1.165) is 73.2 Å². The summed E-state index contributed by atoms with van der Waals surface area (Å²) in [5, 5.41) is 16.3. The van der Waals surface area contributed by atoms with E-state index in [0.29, 0.717) is 31.1 Å². The molecule has 3 atom stereocenters. The van der Waals surface area contributed by atoms with Crippen LogP contribution in [-0.4, -0.2) is 71.6 Å². The number of fused-ring (bicyclic) bond motifs is 1. The third-order valence-electron chi connectivity index (χ3n) is 9.31. The number of hydrogen-bond donors (Lipinski definition) is 2. The van der Waals surface area contributed by atoms with Crippen LogP contribution in [0, 0.1) is 11.3 Å². The van der Waals surface area contributed by atoms with Crippen molar-refractivity contribution >= 4 is 34.1 Å². The molecule has 1 aromatic carbocycles. The molecule has 2 saturated carbocycles. The summed E-state index contributed by atoms with van der Waals surface area (Å²) in [4.78, 5) is 19.8. The molecule has 8 heteroatoms. The van der Waals surface area contributed by atoms with Gasteiger partial charge in [0.05, 0.1) is 31.0 Å². The van der Waals surface area contributed by atoms with Gasteiger partial charge in [0.15, 0.2) is 0 Å². The van der Waals surface area contributed by atoms with Crippen LogP contribution in [-0.2, 0) is 14.3 Å². The van der Waals surface area contributed by atoms with E-state index < -0.39 is 6.10 Å². The highest BCUT2D eigenvalue weighted by Gasteiger charge is 2.64. The summed E-state index contributed by atoms with van der Waals surface area (Å²) < 4.78 is 11.2. The molecule has 2 N–H and O–H groups in total. The number of piperidine rings is 1. The molecule has 1 amide bonds. The van der Waals surface area contributed by atoms with Crippen LogP contribution in [0.1, 0.15) is 57.4 Å². The zero-order valence-corrected chi connectivity index (χ0v) is 21.9.